The zero-order chi connectivity index (χ0) is 19.5. The number of rotatable bonds is 5. The maximum atomic E-state index is 12.5. The zero-order valence-electron chi connectivity index (χ0n) is 15.2. The quantitative estimate of drug-likeness (QED) is 0.618. The highest BCUT2D eigenvalue weighted by molar-refractivity contribution is 7.16. The molecule has 144 valence electrons. The Morgan fingerprint density at radius 3 is 2.68 bits per heavy atom. The van der Waals surface area contributed by atoms with Crippen LogP contribution in [0.25, 0.3) is 10.2 Å². The Labute approximate surface area is 164 Å². The second-order valence-corrected chi connectivity index (χ2v) is 7.21. The molecular formula is C20H18N2O5S. The number of aryl methyl sites for hydroxylation is 1. The van der Waals surface area contributed by atoms with Gasteiger partial charge in [-0.1, -0.05) is 41.7 Å². The van der Waals surface area contributed by atoms with Gasteiger partial charge in [0.2, 0.25) is 6.79 Å². The van der Waals surface area contributed by atoms with Crippen LogP contribution in [0.1, 0.15) is 12.0 Å². The Kier molecular flexibility index (Phi) is 5.12. The molecule has 3 aromatic rings. The number of nitrogens with zero attached hydrogens (tertiary/aromatic N) is 2. The van der Waals surface area contributed by atoms with E-state index in [9.17, 15) is 9.59 Å². The lowest BCUT2D eigenvalue weighted by atomic mass is 10.1. The summed E-state index contributed by atoms with van der Waals surface area (Å²) in [5, 5.41) is 0. The lowest BCUT2D eigenvalue weighted by Crippen LogP contribution is -2.19. The van der Waals surface area contributed by atoms with Crippen LogP contribution < -0.4 is 14.3 Å². The van der Waals surface area contributed by atoms with Gasteiger partial charge in [-0.05, 0) is 5.56 Å². The monoisotopic (exact) mass is 398 g/mol. The van der Waals surface area contributed by atoms with E-state index < -0.39 is 0 Å². The summed E-state index contributed by atoms with van der Waals surface area (Å²) in [5.74, 6) is 0.731. The number of benzene rings is 2. The highest BCUT2D eigenvalue weighted by Crippen LogP contribution is 2.37. The first-order chi connectivity index (χ1) is 13.6. The molecule has 0 radical (unpaired) electrons. The second kappa shape index (κ2) is 7.85. The summed E-state index contributed by atoms with van der Waals surface area (Å²) in [6.07, 6.45) is 0.394. The van der Waals surface area contributed by atoms with Crippen molar-refractivity contribution < 1.29 is 23.8 Å². The fraction of sp³-hybridized carbons (Fsp3) is 0.250. The highest BCUT2D eigenvalue weighted by Gasteiger charge is 2.18. The molecule has 0 aliphatic carbocycles. The number of esters is 1. The number of carbonyl (C=O) groups is 2. The Bertz CT molecular complexity index is 1100. The number of methoxy groups -OCH3 is 1. The third-order valence-electron chi connectivity index (χ3n) is 4.36. The van der Waals surface area contributed by atoms with Crippen LogP contribution in [0.15, 0.2) is 47.5 Å². The highest BCUT2D eigenvalue weighted by atomic mass is 32.1. The standard InChI is InChI=1S/C20H18N2O5S/c1-25-19(24)7-8-22-14-10-15-16(27-12-26-15)11-17(14)28-20(22)21-18(23)9-13-5-3-2-4-6-13/h2-6,10-11H,7-9,12H2,1H3. The van der Waals surface area contributed by atoms with Gasteiger partial charge in [-0.2, -0.15) is 4.99 Å². The molecule has 2 heterocycles. The van der Waals surface area contributed by atoms with E-state index in [1.54, 1.807) is 0 Å². The van der Waals surface area contributed by atoms with E-state index in [-0.39, 0.29) is 31.5 Å². The third-order valence-corrected chi connectivity index (χ3v) is 5.40. The molecule has 8 heteroatoms. The number of amides is 1. The molecule has 2 aromatic carbocycles. The molecule has 0 N–H and O–H groups in total. The number of hydrogen-bond acceptors (Lipinski definition) is 6. The maximum absolute atomic E-state index is 12.5. The molecule has 1 aliphatic rings. The van der Waals surface area contributed by atoms with Crippen LogP contribution in [0.5, 0.6) is 11.5 Å². The minimum Gasteiger partial charge on any atom is -0.469 e. The minimum absolute atomic E-state index is 0.177. The van der Waals surface area contributed by atoms with Crippen molar-refractivity contribution in [2.24, 2.45) is 4.99 Å². The summed E-state index contributed by atoms with van der Waals surface area (Å²) < 4.78 is 18.4. The average molecular weight is 398 g/mol. The molecule has 0 saturated carbocycles. The normalized spacial score (nSPS) is 13.1. The van der Waals surface area contributed by atoms with Gasteiger partial charge in [0.05, 0.1) is 30.2 Å². The summed E-state index contributed by atoms with van der Waals surface area (Å²) in [7, 11) is 1.35. The zero-order valence-corrected chi connectivity index (χ0v) is 16.0. The molecule has 0 unspecified atom stereocenters. The summed E-state index contributed by atoms with van der Waals surface area (Å²) in [6, 6.07) is 13.2. The van der Waals surface area contributed by atoms with Crippen molar-refractivity contribution in [1.82, 2.24) is 4.57 Å². The van der Waals surface area contributed by atoms with Gasteiger partial charge >= 0.3 is 5.97 Å². The minimum atomic E-state index is -0.325. The summed E-state index contributed by atoms with van der Waals surface area (Å²) in [4.78, 5) is 29.0. The van der Waals surface area contributed by atoms with Crippen LogP contribution in [0.4, 0.5) is 0 Å². The lowest BCUT2D eigenvalue weighted by Gasteiger charge is -2.05. The second-order valence-electron chi connectivity index (χ2n) is 6.20. The molecular weight excluding hydrogens is 380 g/mol. The Hall–Kier alpha value is -3.13. The third kappa shape index (κ3) is 3.77. The maximum Gasteiger partial charge on any atom is 0.307 e. The molecule has 0 atom stereocenters. The Morgan fingerprint density at radius 2 is 1.93 bits per heavy atom. The van der Waals surface area contributed by atoms with E-state index in [2.05, 4.69) is 4.99 Å². The van der Waals surface area contributed by atoms with E-state index in [1.807, 2.05) is 47.0 Å². The summed E-state index contributed by atoms with van der Waals surface area (Å²) in [5.41, 5.74) is 1.74. The molecule has 1 aromatic heterocycles. The van der Waals surface area contributed by atoms with Crippen LogP contribution in [0.3, 0.4) is 0 Å². The van der Waals surface area contributed by atoms with Crippen molar-refractivity contribution in [1.29, 1.82) is 0 Å². The van der Waals surface area contributed by atoms with Crippen molar-refractivity contribution in [2.75, 3.05) is 13.9 Å². The number of thiazole rings is 1. The topological polar surface area (TPSA) is 79.1 Å². The predicted molar refractivity (Wildman–Crippen MR) is 103 cm³/mol. The van der Waals surface area contributed by atoms with Crippen LogP contribution >= 0.6 is 11.3 Å². The van der Waals surface area contributed by atoms with E-state index in [4.69, 9.17) is 14.2 Å². The van der Waals surface area contributed by atoms with Gasteiger partial charge in [0.15, 0.2) is 16.3 Å². The number of ether oxygens (including phenoxy) is 3. The van der Waals surface area contributed by atoms with Crippen LogP contribution in [-0.2, 0) is 27.3 Å². The van der Waals surface area contributed by atoms with E-state index in [0.29, 0.717) is 22.8 Å². The van der Waals surface area contributed by atoms with Gasteiger partial charge in [0, 0.05) is 18.7 Å². The van der Waals surface area contributed by atoms with E-state index in [1.165, 1.54) is 18.4 Å². The smallest absolute Gasteiger partial charge is 0.307 e. The first-order valence-electron chi connectivity index (χ1n) is 8.75. The van der Waals surface area contributed by atoms with Crippen LogP contribution in [-0.4, -0.2) is 30.3 Å². The first kappa shape index (κ1) is 18.2. The predicted octanol–water partition coefficient (Wildman–Crippen LogP) is 2.66. The molecule has 28 heavy (non-hydrogen) atoms. The Morgan fingerprint density at radius 1 is 1.18 bits per heavy atom. The van der Waals surface area contributed by atoms with Crippen molar-refractivity contribution in [3.63, 3.8) is 0 Å². The molecule has 0 bridgehead atoms. The summed E-state index contributed by atoms with van der Waals surface area (Å²) >= 11 is 1.38. The van der Waals surface area contributed by atoms with Crippen LogP contribution in [0.2, 0.25) is 0 Å². The molecule has 0 fully saturated rings. The number of carbonyl (C=O) groups excluding carboxylic acids is 2. The van der Waals surface area contributed by atoms with Crippen molar-refractivity contribution >= 4 is 33.4 Å². The van der Waals surface area contributed by atoms with Crippen LogP contribution in [0, 0.1) is 0 Å². The molecule has 7 nitrogen and oxygen atoms in total. The largest absolute Gasteiger partial charge is 0.469 e. The van der Waals surface area contributed by atoms with E-state index >= 15 is 0 Å². The number of fused-ring (bicyclic) bond motifs is 2. The Balaban J connectivity index is 1.73. The van der Waals surface area contributed by atoms with E-state index in [0.717, 1.165) is 15.8 Å². The molecule has 0 spiro atoms. The fourth-order valence-electron chi connectivity index (χ4n) is 2.98. The van der Waals surface area contributed by atoms with Gasteiger partial charge in [-0.3, -0.25) is 9.59 Å². The first-order valence-corrected chi connectivity index (χ1v) is 9.57. The molecule has 1 amide bonds. The number of hydrogen-bond donors (Lipinski definition) is 0. The van der Waals surface area contributed by atoms with Gasteiger partial charge < -0.3 is 18.8 Å². The lowest BCUT2D eigenvalue weighted by molar-refractivity contribution is -0.140. The average Bonchev–Trinajstić information content (AvgIpc) is 3.28. The van der Waals surface area contributed by atoms with Gasteiger partial charge in [-0.15, -0.1) is 0 Å². The van der Waals surface area contributed by atoms with Gasteiger partial charge in [0.25, 0.3) is 5.91 Å². The molecule has 0 saturated heterocycles. The SMILES string of the molecule is COC(=O)CCn1c(=NC(=O)Cc2ccccc2)sc2cc3c(cc21)OCO3. The fourth-order valence-corrected chi connectivity index (χ4v) is 4.07. The van der Waals surface area contributed by atoms with Crippen molar-refractivity contribution in [2.45, 2.75) is 19.4 Å². The van der Waals surface area contributed by atoms with Gasteiger partial charge in [-0.25, -0.2) is 0 Å². The van der Waals surface area contributed by atoms with Gasteiger partial charge in [0.1, 0.15) is 0 Å². The summed E-state index contributed by atoms with van der Waals surface area (Å²) in [6.45, 7) is 0.533. The molecule has 4 rings (SSSR count). The van der Waals surface area contributed by atoms with Crippen molar-refractivity contribution in [3.05, 3.63) is 52.8 Å². The molecule has 1 aliphatic heterocycles. The number of aromatic nitrogens is 1. The van der Waals surface area contributed by atoms with Crippen molar-refractivity contribution in [3.8, 4) is 11.5 Å².